The summed E-state index contributed by atoms with van der Waals surface area (Å²) in [6.45, 7) is 0. The molecular weight excluding hydrogens is 349 g/mol. The van der Waals surface area contributed by atoms with Crippen LogP contribution >= 0.6 is 0 Å². The summed E-state index contributed by atoms with van der Waals surface area (Å²) in [6.07, 6.45) is 1.74. The molecule has 2 heterocycles. The molecule has 3 aromatic rings. The van der Waals surface area contributed by atoms with Gasteiger partial charge in [0.25, 0.3) is 0 Å². The maximum atomic E-state index is 14.3. The van der Waals surface area contributed by atoms with Crippen molar-refractivity contribution < 1.29 is 18.7 Å². The van der Waals surface area contributed by atoms with Gasteiger partial charge < -0.3 is 14.8 Å². The van der Waals surface area contributed by atoms with E-state index in [0.29, 0.717) is 28.7 Å². The fraction of sp³-hybridized carbons (Fsp3) is 0.200. The zero-order chi connectivity index (χ0) is 19.0. The number of amides is 1. The number of carbonyl (C=O) groups excluding carboxylic acids is 1. The molecule has 1 unspecified atom stereocenters. The summed E-state index contributed by atoms with van der Waals surface area (Å²) in [6, 6.07) is 11.8. The van der Waals surface area contributed by atoms with Crippen LogP contribution in [0.1, 0.15) is 23.6 Å². The normalized spacial score (nSPS) is 15.8. The fourth-order valence-corrected chi connectivity index (χ4v) is 3.41. The van der Waals surface area contributed by atoms with Crippen LogP contribution in [0.4, 0.5) is 10.2 Å². The van der Waals surface area contributed by atoms with Crippen molar-refractivity contribution in [1.29, 1.82) is 0 Å². The molecule has 1 aromatic heterocycles. The average Bonchev–Trinajstić information content (AvgIpc) is 3.10. The maximum Gasteiger partial charge on any atom is 0.226 e. The molecule has 1 N–H and O–H groups in total. The number of imidazole rings is 1. The molecule has 0 bridgehead atoms. The maximum absolute atomic E-state index is 14.3. The molecule has 0 saturated carbocycles. The number of anilines is 1. The van der Waals surface area contributed by atoms with E-state index in [0.717, 1.165) is 5.56 Å². The highest BCUT2D eigenvalue weighted by Crippen LogP contribution is 2.42. The van der Waals surface area contributed by atoms with Crippen molar-refractivity contribution in [2.75, 3.05) is 19.5 Å². The van der Waals surface area contributed by atoms with Crippen molar-refractivity contribution in [3.05, 3.63) is 65.9 Å². The summed E-state index contributed by atoms with van der Waals surface area (Å²) in [5.41, 5.74) is 1.78. The van der Waals surface area contributed by atoms with Gasteiger partial charge in [-0.2, -0.15) is 0 Å². The third-order valence-electron chi connectivity index (χ3n) is 4.70. The lowest BCUT2D eigenvalue weighted by molar-refractivity contribution is -0.116. The summed E-state index contributed by atoms with van der Waals surface area (Å²) in [5.74, 6) is 0.871. The van der Waals surface area contributed by atoms with E-state index >= 15 is 0 Å². The van der Waals surface area contributed by atoms with Gasteiger partial charge in [0, 0.05) is 17.9 Å². The third-order valence-corrected chi connectivity index (χ3v) is 4.70. The minimum Gasteiger partial charge on any atom is -0.497 e. The Morgan fingerprint density at radius 2 is 2.00 bits per heavy atom. The first-order chi connectivity index (χ1) is 13.1. The Morgan fingerprint density at radius 1 is 1.19 bits per heavy atom. The van der Waals surface area contributed by atoms with Crippen molar-refractivity contribution in [2.45, 2.75) is 12.3 Å². The van der Waals surface area contributed by atoms with E-state index in [1.54, 1.807) is 49.1 Å². The SMILES string of the molecule is COc1ccc(OC)c(C2CC(=O)Nc3c2ncn3-c2ccccc2F)c1. The molecule has 138 valence electrons. The van der Waals surface area contributed by atoms with E-state index < -0.39 is 5.82 Å². The van der Waals surface area contributed by atoms with Gasteiger partial charge in [-0.05, 0) is 30.3 Å². The fourth-order valence-electron chi connectivity index (χ4n) is 3.41. The van der Waals surface area contributed by atoms with E-state index in [1.807, 2.05) is 6.07 Å². The minimum atomic E-state index is -0.395. The van der Waals surface area contributed by atoms with Crippen molar-refractivity contribution >= 4 is 11.7 Å². The second-order valence-electron chi connectivity index (χ2n) is 6.21. The monoisotopic (exact) mass is 367 g/mol. The van der Waals surface area contributed by atoms with Crippen LogP contribution in [0, 0.1) is 5.82 Å². The van der Waals surface area contributed by atoms with E-state index in [-0.39, 0.29) is 18.2 Å². The summed E-state index contributed by atoms with van der Waals surface area (Å²) in [5, 5.41) is 2.82. The van der Waals surface area contributed by atoms with Gasteiger partial charge >= 0.3 is 0 Å². The van der Waals surface area contributed by atoms with Gasteiger partial charge in [-0.1, -0.05) is 12.1 Å². The highest BCUT2D eigenvalue weighted by molar-refractivity contribution is 5.94. The molecule has 0 spiro atoms. The van der Waals surface area contributed by atoms with Crippen LogP contribution in [-0.2, 0) is 4.79 Å². The third kappa shape index (κ3) is 2.91. The standard InChI is InChI=1S/C20H18FN3O3/c1-26-12-7-8-17(27-2)13(9-12)14-10-18(25)23-20-19(14)22-11-24(20)16-6-4-3-5-15(16)21/h3-9,11,14H,10H2,1-2H3,(H,23,25). The number of fused-ring (bicyclic) bond motifs is 1. The molecule has 0 aliphatic carbocycles. The predicted octanol–water partition coefficient (Wildman–Crippen LogP) is 3.50. The van der Waals surface area contributed by atoms with E-state index in [1.165, 1.54) is 12.4 Å². The second kappa shape index (κ2) is 6.75. The predicted molar refractivity (Wildman–Crippen MR) is 98.2 cm³/mol. The Hall–Kier alpha value is -3.35. The number of rotatable bonds is 4. The highest BCUT2D eigenvalue weighted by atomic mass is 19.1. The first-order valence-electron chi connectivity index (χ1n) is 8.46. The Bertz CT molecular complexity index is 1020. The molecule has 0 radical (unpaired) electrons. The molecule has 1 amide bonds. The number of carbonyl (C=O) groups is 1. The van der Waals surface area contributed by atoms with Gasteiger partial charge in [-0.3, -0.25) is 9.36 Å². The van der Waals surface area contributed by atoms with Crippen LogP contribution in [0.5, 0.6) is 11.5 Å². The van der Waals surface area contributed by atoms with Gasteiger partial charge in [0.2, 0.25) is 5.91 Å². The highest BCUT2D eigenvalue weighted by Gasteiger charge is 2.33. The van der Waals surface area contributed by atoms with E-state index in [4.69, 9.17) is 9.47 Å². The Balaban J connectivity index is 1.86. The van der Waals surface area contributed by atoms with Crippen molar-refractivity contribution in [3.63, 3.8) is 0 Å². The topological polar surface area (TPSA) is 65.4 Å². The molecule has 1 aliphatic rings. The van der Waals surface area contributed by atoms with Crippen LogP contribution in [0.3, 0.4) is 0 Å². The zero-order valence-electron chi connectivity index (χ0n) is 14.9. The van der Waals surface area contributed by atoms with Crippen molar-refractivity contribution in [2.24, 2.45) is 0 Å². The molecule has 4 rings (SSSR count). The first-order valence-corrected chi connectivity index (χ1v) is 8.46. The van der Waals surface area contributed by atoms with Gasteiger partial charge in [-0.25, -0.2) is 9.37 Å². The van der Waals surface area contributed by atoms with Crippen LogP contribution in [-0.4, -0.2) is 29.7 Å². The second-order valence-corrected chi connectivity index (χ2v) is 6.21. The van der Waals surface area contributed by atoms with Crippen molar-refractivity contribution in [3.8, 4) is 17.2 Å². The molecule has 1 aliphatic heterocycles. The number of hydrogen-bond donors (Lipinski definition) is 1. The number of para-hydroxylation sites is 1. The molecule has 1 atom stereocenters. The number of nitrogens with zero attached hydrogens (tertiary/aromatic N) is 2. The number of hydrogen-bond acceptors (Lipinski definition) is 4. The number of benzene rings is 2. The van der Waals surface area contributed by atoms with Gasteiger partial charge in [0.05, 0.1) is 25.6 Å². The number of aromatic nitrogens is 2. The number of nitrogens with one attached hydrogen (secondary N) is 1. The summed E-state index contributed by atoms with van der Waals surface area (Å²) < 4.78 is 26.6. The van der Waals surface area contributed by atoms with E-state index in [2.05, 4.69) is 10.3 Å². The van der Waals surface area contributed by atoms with Crippen LogP contribution in [0.2, 0.25) is 0 Å². The molecule has 0 saturated heterocycles. The summed E-state index contributed by atoms with van der Waals surface area (Å²) in [4.78, 5) is 16.9. The number of methoxy groups -OCH3 is 2. The lowest BCUT2D eigenvalue weighted by Crippen LogP contribution is -2.25. The lowest BCUT2D eigenvalue weighted by atomic mass is 9.89. The van der Waals surface area contributed by atoms with Crippen LogP contribution in [0.15, 0.2) is 48.8 Å². The van der Waals surface area contributed by atoms with Crippen molar-refractivity contribution in [1.82, 2.24) is 9.55 Å². The van der Waals surface area contributed by atoms with Gasteiger partial charge in [0.15, 0.2) is 0 Å². The largest absolute Gasteiger partial charge is 0.497 e. The smallest absolute Gasteiger partial charge is 0.226 e. The molecule has 6 nitrogen and oxygen atoms in total. The summed E-state index contributed by atoms with van der Waals surface area (Å²) >= 11 is 0. The molecular formula is C20H18FN3O3. The molecule has 7 heteroatoms. The van der Waals surface area contributed by atoms with Gasteiger partial charge in [0.1, 0.15) is 29.5 Å². The molecule has 0 fully saturated rings. The Morgan fingerprint density at radius 3 is 2.74 bits per heavy atom. The minimum absolute atomic E-state index is 0.171. The quantitative estimate of drug-likeness (QED) is 0.766. The molecule has 2 aromatic carbocycles. The molecule has 27 heavy (non-hydrogen) atoms. The lowest BCUT2D eigenvalue weighted by Gasteiger charge is -2.25. The Kier molecular flexibility index (Phi) is 4.27. The van der Waals surface area contributed by atoms with Crippen LogP contribution < -0.4 is 14.8 Å². The number of halogens is 1. The zero-order valence-corrected chi connectivity index (χ0v) is 14.9. The van der Waals surface area contributed by atoms with E-state index in [9.17, 15) is 9.18 Å². The average molecular weight is 367 g/mol. The van der Waals surface area contributed by atoms with Gasteiger partial charge in [-0.15, -0.1) is 0 Å². The summed E-state index contributed by atoms with van der Waals surface area (Å²) in [7, 11) is 3.16. The Labute approximate surface area is 155 Å². The number of ether oxygens (including phenoxy) is 2. The first kappa shape index (κ1) is 17.1. The van der Waals surface area contributed by atoms with Crippen LogP contribution in [0.25, 0.3) is 5.69 Å².